The molecule has 0 unspecified atom stereocenters. The largest absolute Gasteiger partial charge is 0.386 e. The van der Waals surface area contributed by atoms with Crippen LogP contribution in [0, 0.1) is 0 Å². The van der Waals surface area contributed by atoms with Crippen LogP contribution in [0.2, 0.25) is 0 Å². The maximum Gasteiger partial charge on any atom is 0.224 e. The summed E-state index contributed by atoms with van der Waals surface area (Å²) >= 11 is 0. The molecule has 7 nitrogen and oxygen atoms in total. The van der Waals surface area contributed by atoms with Crippen LogP contribution in [0.1, 0.15) is 32.3 Å². The predicted octanol–water partition coefficient (Wildman–Crippen LogP) is 3.16. The Labute approximate surface area is 169 Å². The quantitative estimate of drug-likeness (QED) is 0.559. The molecule has 0 atom stereocenters. The van der Waals surface area contributed by atoms with Crippen LogP contribution in [-0.2, 0) is 5.60 Å². The minimum absolute atomic E-state index is 0.384. The summed E-state index contributed by atoms with van der Waals surface area (Å²) in [5.74, 6) is 0.641. The maximum atomic E-state index is 10.8. The lowest BCUT2D eigenvalue weighted by atomic mass is 9.98. The Bertz CT molecular complexity index is 1200. The van der Waals surface area contributed by atoms with E-state index in [1.807, 2.05) is 40.9 Å². The van der Waals surface area contributed by atoms with Crippen molar-refractivity contribution in [1.82, 2.24) is 24.3 Å². The topological polar surface area (TPSA) is 78.6 Å². The molecule has 0 saturated carbocycles. The second-order valence-corrected chi connectivity index (χ2v) is 8.57. The summed E-state index contributed by atoms with van der Waals surface area (Å²) in [5, 5.41) is 15.1. The molecule has 1 aliphatic heterocycles. The number of nitrogens with one attached hydrogen (secondary N) is 1. The fourth-order valence-corrected chi connectivity index (χ4v) is 4.16. The van der Waals surface area contributed by atoms with Gasteiger partial charge in [-0.3, -0.25) is 4.40 Å². The molecule has 1 aliphatic rings. The van der Waals surface area contributed by atoms with E-state index in [0.717, 1.165) is 59.2 Å². The van der Waals surface area contributed by atoms with Gasteiger partial charge in [0.15, 0.2) is 5.65 Å². The minimum atomic E-state index is -1.03. The molecule has 2 N–H and O–H groups in total. The van der Waals surface area contributed by atoms with Crippen molar-refractivity contribution in [3.05, 3.63) is 42.1 Å². The number of rotatable bonds is 3. The normalized spacial score (nSPS) is 16.8. The zero-order valence-electron chi connectivity index (χ0n) is 17.1. The first-order valence-corrected chi connectivity index (χ1v) is 10.1. The molecular formula is C22H26N6O. The smallest absolute Gasteiger partial charge is 0.224 e. The second kappa shape index (κ2) is 6.64. The summed E-state index contributed by atoms with van der Waals surface area (Å²) in [4.78, 5) is 16.6. The third-order valence-corrected chi connectivity index (χ3v) is 5.82. The summed E-state index contributed by atoms with van der Waals surface area (Å²) in [6.07, 6.45) is 4.00. The van der Waals surface area contributed by atoms with Gasteiger partial charge in [0.25, 0.3) is 0 Å². The number of para-hydroxylation sites is 2. The zero-order valence-corrected chi connectivity index (χ0v) is 17.1. The van der Waals surface area contributed by atoms with Gasteiger partial charge in [-0.25, -0.2) is 9.97 Å². The highest BCUT2D eigenvalue weighted by molar-refractivity contribution is 5.90. The van der Waals surface area contributed by atoms with E-state index < -0.39 is 5.60 Å². The molecule has 1 saturated heterocycles. The third-order valence-electron chi connectivity index (χ3n) is 5.82. The van der Waals surface area contributed by atoms with Crippen molar-refractivity contribution in [2.75, 3.05) is 25.5 Å². The fourth-order valence-electron chi connectivity index (χ4n) is 4.16. The van der Waals surface area contributed by atoms with Crippen LogP contribution >= 0.6 is 0 Å². The molecule has 4 heterocycles. The van der Waals surface area contributed by atoms with Gasteiger partial charge in [0.2, 0.25) is 5.95 Å². The number of piperidine rings is 1. The van der Waals surface area contributed by atoms with Gasteiger partial charge in [0, 0.05) is 23.2 Å². The number of benzene rings is 1. The van der Waals surface area contributed by atoms with E-state index in [9.17, 15) is 5.11 Å². The maximum absolute atomic E-state index is 10.8. The van der Waals surface area contributed by atoms with Gasteiger partial charge in [-0.05, 0) is 65.0 Å². The molecule has 0 radical (unpaired) electrons. The fraction of sp³-hybridized carbons (Fsp3) is 0.409. The number of hydrogen-bond donors (Lipinski definition) is 2. The van der Waals surface area contributed by atoms with Crippen molar-refractivity contribution in [2.45, 2.75) is 38.3 Å². The number of nitrogens with zero attached hydrogens (tertiary/aromatic N) is 5. The number of hydrogen-bond acceptors (Lipinski definition) is 6. The predicted molar refractivity (Wildman–Crippen MR) is 115 cm³/mol. The molecule has 0 spiro atoms. The molecule has 1 fully saturated rings. The number of aromatic nitrogens is 4. The Balaban J connectivity index is 1.69. The van der Waals surface area contributed by atoms with E-state index in [-0.39, 0.29) is 0 Å². The average molecular weight is 390 g/mol. The van der Waals surface area contributed by atoms with Gasteiger partial charge in [-0.1, -0.05) is 12.1 Å². The van der Waals surface area contributed by atoms with Crippen molar-refractivity contribution < 1.29 is 5.11 Å². The summed E-state index contributed by atoms with van der Waals surface area (Å²) in [6.45, 7) is 5.72. The lowest BCUT2D eigenvalue weighted by Gasteiger charge is -2.29. The number of imidazole rings is 1. The number of pyridine rings is 1. The SMILES string of the molecule is CN1CCC(Nc2ncc3cc(C(C)(C)O)c4nc5ccccc5n4c3n2)CC1. The summed E-state index contributed by atoms with van der Waals surface area (Å²) in [7, 11) is 2.16. The van der Waals surface area contributed by atoms with Crippen molar-refractivity contribution >= 4 is 33.7 Å². The van der Waals surface area contributed by atoms with Crippen LogP contribution in [0.3, 0.4) is 0 Å². The van der Waals surface area contributed by atoms with Crippen LogP contribution in [-0.4, -0.2) is 55.5 Å². The van der Waals surface area contributed by atoms with E-state index >= 15 is 0 Å². The lowest BCUT2D eigenvalue weighted by Crippen LogP contribution is -2.37. The van der Waals surface area contributed by atoms with Crippen molar-refractivity contribution in [2.24, 2.45) is 0 Å². The van der Waals surface area contributed by atoms with Crippen molar-refractivity contribution in [1.29, 1.82) is 0 Å². The third kappa shape index (κ3) is 3.20. The molecule has 4 aromatic rings. The monoisotopic (exact) mass is 390 g/mol. The first kappa shape index (κ1) is 18.3. The van der Waals surface area contributed by atoms with Gasteiger partial charge in [-0.15, -0.1) is 0 Å². The molecule has 0 amide bonds. The highest BCUT2D eigenvalue weighted by Gasteiger charge is 2.24. The molecule has 0 bridgehead atoms. The van der Waals surface area contributed by atoms with Gasteiger partial charge in [-0.2, -0.15) is 4.98 Å². The highest BCUT2D eigenvalue weighted by Crippen LogP contribution is 2.31. The van der Waals surface area contributed by atoms with Gasteiger partial charge in [0.1, 0.15) is 5.65 Å². The van der Waals surface area contributed by atoms with E-state index in [2.05, 4.69) is 22.2 Å². The van der Waals surface area contributed by atoms with Crippen molar-refractivity contribution in [3.63, 3.8) is 0 Å². The van der Waals surface area contributed by atoms with Gasteiger partial charge >= 0.3 is 0 Å². The van der Waals surface area contributed by atoms with Crippen LogP contribution in [0.4, 0.5) is 5.95 Å². The van der Waals surface area contributed by atoms with E-state index in [1.54, 1.807) is 13.8 Å². The summed E-state index contributed by atoms with van der Waals surface area (Å²) in [5.41, 5.74) is 3.13. The molecule has 5 rings (SSSR count). The second-order valence-electron chi connectivity index (χ2n) is 8.57. The van der Waals surface area contributed by atoms with E-state index in [0.29, 0.717) is 12.0 Å². The molecule has 3 aromatic heterocycles. The van der Waals surface area contributed by atoms with E-state index in [4.69, 9.17) is 9.97 Å². The van der Waals surface area contributed by atoms with Crippen LogP contribution in [0.25, 0.3) is 27.7 Å². The Hall–Kier alpha value is -2.77. The van der Waals surface area contributed by atoms with Crippen LogP contribution in [0.5, 0.6) is 0 Å². The number of anilines is 1. The molecule has 7 heteroatoms. The molecule has 0 aliphatic carbocycles. The minimum Gasteiger partial charge on any atom is -0.386 e. The number of fused-ring (bicyclic) bond motifs is 5. The first-order chi connectivity index (χ1) is 13.9. The Kier molecular flexibility index (Phi) is 4.18. The Morgan fingerprint density at radius 3 is 2.62 bits per heavy atom. The van der Waals surface area contributed by atoms with Crippen LogP contribution < -0.4 is 5.32 Å². The lowest BCUT2D eigenvalue weighted by molar-refractivity contribution is 0.0798. The van der Waals surface area contributed by atoms with Crippen molar-refractivity contribution in [3.8, 4) is 0 Å². The summed E-state index contributed by atoms with van der Waals surface area (Å²) in [6, 6.07) is 10.3. The van der Waals surface area contributed by atoms with Crippen LogP contribution in [0.15, 0.2) is 36.5 Å². The molecule has 29 heavy (non-hydrogen) atoms. The Morgan fingerprint density at radius 2 is 1.86 bits per heavy atom. The van der Waals surface area contributed by atoms with E-state index in [1.165, 1.54) is 0 Å². The summed E-state index contributed by atoms with van der Waals surface area (Å²) < 4.78 is 2.04. The number of likely N-dealkylation sites (tertiary alicyclic amines) is 1. The number of aliphatic hydroxyl groups is 1. The average Bonchev–Trinajstić information content (AvgIpc) is 3.08. The molecule has 150 valence electrons. The Morgan fingerprint density at radius 1 is 1.10 bits per heavy atom. The van der Waals surface area contributed by atoms with Gasteiger partial charge in [0.05, 0.1) is 16.6 Å². The van der Waals surface area contributed by atoms with Gasteiger partial charge < -0.3 is 15.3 Å². The molecular weight excluding hydrogens is 364 g/mol. The highest BCUT2D eigenvalue weighted by atomic mass is 16.3. The molecule has 1 aromatic carbocycles. The standard InChI is InChI=1S/C22H26N6O/c1-22(2,29)16-12-14-13-23-21(24-15-8-10-27(3)11-9-15)26-19(14)28-18-7-5-4-6-17(18)25-20(16)28/h4-7,12-13,15,29H,8-11H2,1-3H3,(H,23,24,26). The zero-order chi connectivity index (χ0) is 20.2. The first-order valence-electron chi connectivity index (χ1n) is 10.1.